The number of methoxy groups -OCH3 is 2. The molecule has 122 valence electrons. The zero-order chi connectivity index (χ0) is 16.7. The van der Waals surface area contributed by atoms with Gasteiger partial charge in [0, 0.05) is 32.5 Å². The first-order valence-corrected chi connectivity index (χ1v) is 7.17. The molecule has 0 spiro atoms. The van der Waals surface area contributed by atoms with Crippen LogP contribution in [0.3, 0.4) is 0 Å². The largest absolute Gasteiger partial charge is 0.497 e. The van der Waals surface area contributed by atoms with Gasteiger partial charge in [-0.3, -0.25) is 14.5 Å². The minimum absolute atomic E-state index is 0.0898. The van der Waals surface area contributed by atoms with Crippen molar-refractivity contribution >= 4 is 11.8 Å². The third kappa shape index (κ3) is 4.46. The van der Waals surface area contributed by atoms with Crippen molar-refractivity contribution in [2.24, 2.45) is 5.73 Å². The number of ether oxygens (including phenoxy) is 2. The van der Waals surface area contributed by atoms with Crippen LogP contribution < -0.4 is 15.2 Å². The highest BCUT2D eigenvalue weighted by Crippen LogP contribution is 2.32. The molecule has 0 radical (unpaired) electrons. The van der Waals surface area contributed by atoms with Gasteiger partial charge in [0.15, 0.2) is 0 Å². The molecule has 0 heterocycles. The number of nitrogens with two attached hydrogens (primary N) is 1. The molecule has 1 rings (SSSR count). The lowest BCUT2D eigenvalue weighted by Crippen LogP contribution is -2.39. The van der Waals surface area contributed by atoms with E-state index in [4.69, 9.17) is 15.2 Å². The van der Waals surface area contributed by atoms with E-state index in [-0.39, 0.29) is 37.2 Å². The van der Waals surface area contributed by atoms with Gasteiger partial charge in [-0.25, -0.2) is 0 Å². The van der Waals surface area contributed by atoms with Gasteiger partial charge in [-0.2, -0.15) is 0 Å². The fourth-order valence-corrected chi connectivity index (χ4v) is 2.29. The van der Waals surface area contributed by atoms with Crippen LogP contribution in [0.1, 0.15) is 31.7 Å². The number of carbonyl (C=O) groups excluding carboxylic acids is 2. The van der Waals surface area contributed by atoms with Gasteiger partial charge in [0.2, 0.25) is 11.8 Å². The Morgan fingerprint density at radius 2 is 1.95 bits per heavy atom. The first-order valence-electron chi connectivity index (χ1n) is 7.17. The summed E-state index contributed by atoms with van der Waals surface area (Å²) in [7, 11) is 3.15. The zero-order valence-corrected chi connectivity index (χ0v) is 13.6. The smallest absolute Gasteiger partial charge is 0.229 e. The summed E-state index contributed by atoms with van der Waals surface area (Å²) in [4.78, 5) is 25.0. The van der Waals surface area contributed by atoms with Crippen molar-refractivity contribution in [2.45, 2.75) is 26.2 Å². The quantitative estimate of drug-likeness (QED) is 0.826. The lowest BCUT2D eigenvalue weighted by Gasteiger charge is -2.21. The number of carbonyl (C=O) groups is 2. The minimum Gasteiger partial charge on any atom is -0.497 e. The maximum Gasteiger partial charge on any atom is 0.229 e. The predicted octanol–water partition coefficient (Wildman–Crippen LogP) is 1.53. The molecule has 2 N–H and O–H groups in total. The van der Waals surface area contributed by atoms with E-state index in [1.807, 2.05) is 19.1 Å². The van der Waals surface area contributed by atoms with Crippen molar-refractivity contribution in [1.82, 2.24) is 4.90 Å². The molecule has 6 heteroatoms. The summed E-state index contributed by atoms with van der Waals surface area (Å²) in [5.74, 6) is 0.737. The number of amides is 2. The van der Waals surface area contributed by atoms with Gasteiger partial charge in [0.05, 0.1) is 14.2 Å². The van der Waals surface area contributed by atoms with Crippen LogP contribution in [-0.4, -0.2) is 44.0 Å². The van der Waals surface area contributed by atoms with E-state index >= 15 is 0 Å². The number of hydrogen-bond donors (Lipinski definition) is 1. The van der Waals surface area contributed by atoms with Crippen LogP contribution in [0.15, 0.2) is 18.2 Å². The fourth-order valence-electron chi connectivity index (χ4n) is 2.29. The van der Waals surface area contributed by atoms with Crippen LogP contribution in [0.5, 0.6) is 11.5 Å². The zero-order valence-electron chi connectivity index (χ0n) is 13.6. The van der Waals surface area contributed by atoms with Crippen LogP contribution in [0.25, 0.3) is 0 Å². The second-order valence-electron chi connectivity index (χ2n) is 5.07. The minimum atomic E-state index is -0.288. The van der Waals surface area contributed by atoms with Gasteiger partial charge in [-0.15, -0.1) is 0 Å². The predicted molar refractivity (Wildman–Crippen MR) is 84.0 cm³/mol. The molecule has 0 fully saturated rings. The van der Waals surface area contributed by atoms with E-state index in [1.54, 1.807) is 20.3 Å². The Morgan fingerprint density at radius 3 is 2.45 bits per heavy atom. The molecule has 1 atom stereocenters. The monoisotopic (exact) mass is 308 g/mol. The lowest BCUT2D eigenvalue weighted by atomic mass is 9.96. The normalized spacial score (nSPS) is 11.7. The summed E-state index contributed by atoms with van der Waals surface area (Å²) in [6.45, 7) is 3.78. The maximum atomic E-state index is 12.3. The summed E-state index contributed by atoms with van der Waals surface area (Å²) in [5.41, 5.74) is 6.34. The van der Waals surface area contributed by atoms with E-state index < -0.39 is 0 Å². The van der Waals surface area contributed by atoms with E-state index in [2.05, 4.69) is 0 Å². The third-order valence-electron chi connectivity index (χ3n) is 3.49. The molecule has 1 aromatic rings. The number of benzene rings is 1. The summed E-state index contributed by atoms with van der Waals surface area (Å²) < 4.78 is 10.5. The highest BCUT2D eigenvalue weighted by atomic mass is 16.5. The SMILES string of the molecule is COc1ccc(C(C)CC(=O)N(CCN)C(C)=O)c(OC)c1. The van der Waals surface area contributed by atoms with Crippen molar-refractivity contribution < 1.29 is 19.1 Å². The Hall–Kier alpha value is -2.08. The van der Waals surface area contributed by atoms with Gasteiger partial charge < -0.3 is 15.2 Å². The Balaban J connectivity index is 2.90. The summed E-state index contributed by atoms with van der Waals surface area (Å²) in [6.07, 6.45) is 0.211. The topological polar surface area (TPSA) is 81.9 Å². The third-order valence-corrected chi connectivity index (χ3v) is 3.49. The van der Waals surface area contributed by atoms with Crippen LogP contribution in [-0.2, 0) is 9.59 Å². The summed E-state index contributed by atoms with van der Waals surface area (Å²) in [6, 6.07) is 5.47. The van der Waals surface area contributed by atoms with Gasteiger partial charge >= 0.3 is 0 Å². The molecule has 0 saturated heterocycles. The number of imide groups is 1. The molecule has 1 unspecified atom stereocenters. The van der Waals surface area contributed by atoms with Crippen LogP contribution in [0.4, 0.5) is 0 Å². The first-order chi connectivity index (χ1) is 10.4. The highest BCUT2D eigenvalue weighted by Gasteiger charge is 2.22. The van der Waals surface area contributed by atoms with Crippen molar-refractivity contribution in [2.75, 3.05) is 27.3 Å². The molecule has 0 aromatic heterocycles. The van der Waals surface area contributed by atoms with E-state index in [0.29, 0.717) is 11.5 Å². The second-order valence-corrected chi connectivity index (χ2v) is 5.07. The first kappa shape index (κ1) is 18.0. The maximum absolute atomic E-state index is 12.3. The molecule has 0 aliphatic rings. The number of hydrogen-bond acceptors (Lipinski definition) is 5. The molecular formula is C16H24N2O4. The van der Waals surface area contributed by atoms with Crippen molar-refractivity contribution in [3.05, 3.63) is 23.8 Å². The lowest BCUT2D eigenvalue weighted by molar-refractivity contribution is -0.143. The summed E-state index contributed by atoms with van der Waals surface area (Å²) in [5, 5.41) is 0. The molecule has 0 aliphatic carbocycles. The molecule has 2 amide bonds. The average Bonchev–Trinajstić information content (AvgIpc) is 2.51. The Morgan fingerprint density at radius 1 is 1.27 bits per heavy atom. The molecule has 1 aromatic carbocycles. The molecule has 6 nitrogen and oxygen atoms in total. The summed E-state index contributed by atoms with van der Waals surface area (Å²) >= 11 is 0. The van der Waals surface area contributed by atoms with Crippen LogP contribution in [0, 0.1) is 0 Å². The van der Waals surface area contributed by atoms with Gasteiger partial charge in [0.1, 0.15) is 11.5 Å². The van der Waals surface area contributed by atoms with Crippen LogP contribution in [0.2, 0.25) is 0 Å². The van der Waals surface area contributed by atoms with E-state index in [0.717, 1.165) is 5.56 Å². The Kier molecular flexibility index (Phi) is 6.85. The van der Waals surface area contributed by atoms with E-state index in [1.165, 1.54) is 11.8 Å². The molecule has 22 heavy (non-hydrogen) atoms. The van der Waals surface area contributed by atoms with Crippen molar-refractivity contribution in [3.63, 3.8) is 0 Å². The Labute approximate surface area is 131 Å². The fraction of sp³-hybridized carbons (Fsp3) is 0.500. The molecule has 0 aliphatic heterocycles. The van der Waals surface area contributed by atoms with Gasteiger partial charge in [-0.05, 0) is 17.5 Å². The van der Waals surface area contributed by atoms with Gasteiger partial charge in [-0.1, -0.05) is 13.0 Å². The standard InChI is InChI=1S/C16H24N2O4/c1-11(9-16(20)18(8-7-17)12(2)19)14-6-5-13(21-3)10-15(14)22-4/h5-6,10-11H,7-9,17H2,1-4H3. The number of rotatable bonds is 7. The average molecular weight is 308 g/mol. The number of nitrogens with zero attached hydrogens (tertiary/aromatic N) is 1. The van der Waals surface area contributed by atoms with Crippen molar-refractivity contribution in [1.29, 1.82) is 0 Å². The Bertz CT molecular complexity index is 531. The van der Waals surface area contributed by atoms with Crippen molar-refractivity contribution in [3.8, 4) is 11.5 Å². The van der Waals surface area contributed by atoms with Gasteiger partial charge in [0.25, 0.3) is 0 Å². The van der Waals surface area contributed by atoms with Crippen LogP contribution >= 0.6 is 0 Å². The molecule has 0 saturated carbocycles. The van der Waals surface area contributed by atoms with E-state index in [9.17, 15) is 9.59 Å². The highest BCUT2D eigenvalue weighted by molar-refractivity contribution is 5.94. The molecule has 0 bridgehead atoms. The molecular weight excluding hydrogens is 284 g/mol. The second kappa shape index (κ2) is 8.38.